The molecular formula is C17H23NO2S. The Hall–Kier alpha value is -1.39. The van der Waals surface area contributed by atoms with Crippen LogP contribution in [-0.2, 0) is 12.0 Å². The van der Waals surface area contributed by atoms with E-state index in [1.807, 2.05) is 44.2 Å². The second-order valence-corrected chi connectivity index (χ2v) is 7.03. The van der Waals surface area contributed by atoms with E-state index in [-0.39, 0.29) is 0 Å². The Morgan fingerprint density at radius 2 is 1.90 bits per heavy atom. The van der Waals surface area contributed by atoms with Gasteiger partial charge in [-0.3, -0.25) is 0 Å². The van der Waals surface area contributed by atoms with Gasteiger partial charge in [-0.1, -0.05) is 32.0 Å². The molecule has 1 N–H and O–H groups in total. The third-order valence-electron chi connectivity index (χ3n) is 3.13. The second kappa shape index (κ2) is 6.58. The number of nitrogens with zero attached hydrogens (tertiary/aromatic N) is 1. The van der Waals surface area contributed by atoms with Crippen molar-refractivity contribution in [2.75, 3.05) is 6.61 Å². The fourth-order valence-electron chi connectivity index (χ4n) is 2.09. The summed E-state index contributed by atoms with van der Waals surface area (Å²) in [4.78, 5) is 5.65. The number of hydrogen-bond donors (Lipinski definition) is 1. The zero-order valence-corrected chi connectivity index (χ0v) is 13.9. The Kier molecular flexibility index (Phi) is 5.01. The Balaban J connectivity index is 2.04. The number of aromatic nitrogens is 1. The number of hydrogen-bond acceptors (Lipinski definition) is 4. The molecule has 0 saturated heterocycles. The van der Waals surface area contributed by atoms with E-state index in [2.05, 4.69) is 18.8 Å². The van der Waals surface area contributed by atoms with Gasteiger partial charge in [0, 0.05) is 6.42 Å². The molecule has 0 atom stereocenters. The first-order valence-corrected chi connectivity index (χ1v) is 8.10. The molecule has 4 heteroatoms. The van der Waals surface area contributed by atoms with Crippen LogP contribution in [0.1, 0.15) is 49.2 Å². The van der Waals surface area contributed by atoms with Gasteiger partial charge in [0.25, 0.3) is 0 Å². The van der Waals surface area contributed by atoms with E-state index < -0.39 is 5.60 Å². The maximum atomic E-state index is 10.3. The molecular weight excluding hydrogens is 282 g/mol. The smallest absolute Gasteiger partial charge is 0.119 e. The van der Waals surface area contributed by atoms with Gasteiger partial charge in [0.15, 0.2) is 0 Å². The van der Waals surface area contributed by atoms with E-state index in [1.165, 1.54) is 0 Å². The Labute approximate surface area is 130 Å². The lowest BCUT2D eigenvalue weighted by molar-refractivity contribution is 0.0811. The highest BCUT2D eigenvalue weighted by atomic mass is 32.1. The van der Waals surface area contributed by atoms with Gasteiger partial charge >= 0.3 is 0 Å². The molecule has 3 nitrogen and oxygen atoms in total. The first kappa shape index (κ1) is 16.0. The largest absolute Gasteiger partial charge is 0.493 e. The summed E-state index contributed by atoms with van der Waals surface area (Å²) < 4.78 is 5.71. The first-order valence-electron chi connectivity index (χ1n) is 7.28. The molecule has 0 aliphatic rings. The van der Waals surface area contributed by atoms with Crippen LogP contribution in [0, 0.1) is 0 Å². The summed E-state index contributed by atoms with van der Waals surface area (Å²) in [6, 6.07) is 9.79. The van der Waals surface area contributed by atoms with Crippen LogP contribution in [-0.4, -0.2) is 16.7 Å². The molecule has 2 rings (SSSR count). The zero-order valence-electron chi connectivity index (χ0n) is 13.1. The van der Waals surface area contributed by atoms with Crippen LogP contribution in [0.25, 0.3) is 0 Å². The van der Waals surface area contributed by atoms with Crippen molar-refractivity contribution in [3.63, 3.8) is 0 Å². The highest BCUT2D eigenvalue weighted by Crippen LogP contribution is 2.34. The SMILES string of the molecule is CC(C)c1nc(CCOc2ccccc2)sc1C(C)(C)O. The quantitative estimate of drug-likeness (QED) is 0.873. The topological polar surface area (TPSA) is 42.4 Å². The Morgan fingerprint density at radius 1 is 1.24 bits per heavy atom. The van der Waals surface area contributed by atoms with Gasteiger partial charge in [-0.05, 0) is 31.9 Å². The zero-order chi connectivity index (χ0) is 15.5. The number of aliphatic hydroxyl groups is 1. The lowest BCUT2D eigenvalue weighted by Crippen LogP contribution is -2.16. The maximum absolute atomic E-state index is 10.3. The van der Waals surface area contributed by atoms with Gasteiger partial charge in [0.1, 0.15) is 5.75 Å². The normalized spacial score (nSPS) is 11.9. The van der Waals surface area contributed by atoms with Crippen LogP contribution < -0.4 is 4.74 Å². The van der Waals surface area contributed by atoms with Crippen molar-refractivity contribution in [2.24, 2.45) is 0 Å². The molecule has 0 radical (unpaired) electrons. The summed E-state index contributed by atoms with van der Waals surface area (Å²) in [7, 11) is 0. The predicted molar refractivity (Wildman–Crippen MR) is 87.1 cm³/mol. The number of rotatable bonds is 6. The molecule has 0 aliphatic carbocycles. The first-order chi connectivity index (χ1) is 9.88. The van der Waals surface area contributed by atoms with Gasteiger partial charge in [-0.15, -0.1) is 11.3 Å². The minimum Gasteiger partial charge on any atom is -0.493 e. The summed E-state index contributed by atoms with van der Waals surface area (Å²) in [6.07, 6.45) is 0.759. The van der Waals surface area contributed by atoms with E-state index >= 15 is 0 Å². The fourth-order valence-corrected chi connectivity index (χ4v) is 3.29. The Bertz CT molecular complexity index is 570. The third kappa shape index (κ3) is 4.29. The maximum Gasteiger partial charge on any atom is 0.119 e. The summed E-state index contributed by atoms with van der Waals surface area (Å²) >= 11 is 1.59. The highest BCUT2D eigenvalue weighted by molar-refractivity contribution is 7.11. The van der Waals surface area contributed by atoms with E-state index in [9.17, 15) is 5.11 Å². The number of thiazole rings is 1. The second-order valence-electron chi connectivity index (χ2n) is 5.95. The molecule has 0 amide bonds. The minimum atomic E-state index is -0.837. The molecule has 2 aromatic rings. The van der Waals surface area contributed by atoms with E-state index in [4.69, 9.17) is 4.74 Å². The highest BCUT2D eigenvalue weighted by Gasteiger charge is 2.26. The molecule has 0 spiro atoms. The van der Waals surface area contributed by atoms with E-state index in [1.54, 1.807) is 11.3 Å². The van der Waals surface area contributed by atoms with Crippen LogP contribution in [0.2, 0.25) is 0 Å². The molecule has 0 aliphatic heterocycles. The van der Waals surface area contributed by atoms with Crippen LogP contribution in [0.15, 0.2) is 30.3 Å². The molecule has 0 fully saturated rings. The molecule has 1 aromatic heterocycles. The van der Waals surface area contributed by atoms with Crippen molar-refractivity contribution < 1.29 is 9.84 Å². The molecule has 1 heterocycles. The number of benzene rings is 1. The molecule has 1 aromatic carbocycles. The van der Waals surface area contributed by atoms with Crippen LogP contribution in [0.4, 0.5) is 0 Å². The van der Waals surface area contributed by atoms with Gasteiger partial charge in [-0.2, -0.15) is 0 Å². The van der Waals surface area contributed by atoms with E-state index in [0.29, 0.717) is 12.5 Å². The molecule has 0 unspecified atom stereocenters. The van der Waals surface area contributed by atoms with Crippen LogP contribution in [0.3, 0.4) is 0 Å². The summed E-state index contributed by atoms with van der Waals surface area (Å²) in [6.45, 7) is 8.44. The van der Waals surface area contributed by atoms with Gasteiger partial charge < -0.3 is 9.84 Å². The Morgan fingerprint density at radius 3 is 2.43 bits per heavy atom. The van der Waals surface area contributed by atoms with Crippen molar-refractivity contribution in [1.29, 1.82) is 0 Å². The molecule has 0 saturated carbocycles. The van der Waals surface area contributed by atoms with Crippen molar-refractivity contribution in [1.82, 2.24) is 4.98 Å². The molecule has 21 heavy (non-hydrogen) atoms. The average Bonchev–Trinajstić information content (AvgIpc) is 2.84. The van der Waals surface area contributed by atoms with Crippen molar-refractivity contribution in [2.45, 2.75) is 45.6 Å². The van der Waals surface area contributed by atoms with Gasteiger partial charge in [0.2, 0.25) is 0 Å². The molecule has 0 bridgehead atoms. The monoisotopic (exact) mass is 305 g/mol. The standard InChI is InChI=1S/C17H23NO2S/c1-12(2)15-16(17(3,4)19)21-14(18-15)10-11-20-13-8-6-5-7-9-13/h5-9,12,19H,10-11H2,1-4H3. The van der Waals surface area contributed by atoms with Crippen molar-refractivity contribution >= 4 is 11.3 Å². The minimum absolute atomic E-state index is 0.312. The number of para-hydroxylation sites is 1. The van der Waals surface area contributed by atoms with E-state index in [0.717, 1.165) is 27.7 Å². The van der Waals surface area contributed by atoms with Gasteiger partial charge in [-0.25, -0.2) is 4.98 Å². The van der Waals surface area contributed by atoms with Crippen LogP contribution >= 0.6 is 11.3 Å². The number of ether oxygens (including phenoxy) is 1. The third-order valence-corrected chi connectivity index (χ3v) is 4.57. The fraction of sp³-hybridized carbons (Fsp3) is 0.471. The predicted octanol–water partition coefficient (Wildman–Crippen LogP) is 4.12. The lowest BCUT2D eigenvalue weighted by atomic mass is 10.0. The lowest BCUT2D eigenvalue weighted by Gasteiger charge is -2.17. The van der Waals surface area contributed by atoms with Crippen molar-refractivity contribution in [3.8, 4) is 5.75 Å². The van der Waals surface area contributed by atoms with Gasteiger partial charge in [0.05, 0.1) is 27.8 Å². The summed E-state index contributed by atoms with van der Waals surface area (Å²) in [5.41, 5.74) is 0.165. The average molecular weight is 305 g/mol. The molecule has 114 valence electrons. The summed E-state index contributed by atoms with van der Waals surface area (Å²) in [5, 5.41) is 11.3. The van der Waals surface area contributed by atoms with Crippen molar-refractivity contribution in [3.05, 3.63) is 45.9 Å². The van der Waals surface area contributed by atoms with Crippen LogP contribution in [0.5, 0.6) is 5.75 Å². The summed E-state index contributed by atoms with van der Waals surface area (Å²) in [5.74, 6) is 1.19.